The lowest BCUT2D eigenvalue weighted by Crippen LogP contribution is -2.20. The van der Waals surface area contributed by atoms with Gasteiger partial charge in [0.2, 0.25) is 0 Å². The topological polar surface area (TPSA) is 62.6 Å². The molecule has 0 aliphatic carbocycles. The van der Waals surface area contributed by atoms with Crippen molar-refractivity contribution < 1.29 is 9.59 Å². The maximum absolute atomic E-state index is 11.3. The van der Waals surface area contributed by atoms with Crippen LogP contribution in [0.3, 0.4) is 0 Å². The van der Waals surface area contributed by atoms with Crippen molar-refractivity contribution in [3.8, 4) is 0 Å². The monoisotopic (exact) mass is 203 g/mol. The Morgan fingerprint density at radius 2 is 2.27 bits per heavy atom. The van der Waals surface area contributed by atoms with Crippen LogP contribution in [0.25, 0.3) is 0 Å². The molecule has 0 atom stereocenters. The lowest BCUT2D eigenvalue weighted by molar-refractivity contribution is -0.116. The van der Waals surface area contributed by atoms with Gasteiger partial charge in [-0.25, -0.2) is 4.98 Å². The van der Waals surface area contributed by atoms with Crippen LogP contribution in [0.5, 0.6) is 0 Å². The highest BCUT2D eigenvalue weighted by Gasteiger charge is 2.19. The molecule has 1 amide bonds. The molecule has 0 radical (unpaired) electrons. The van der Waals surface area contributed by atoms with Crippen LogP contribution in [0, 0.1) is 0 Å². The summed E-state index contributed by atoms with van der Waals surface area (Å²) in [5.74, 6) is 0.280. The zero-order valence-corrected chi connectivity index (χ0v) is 8.17. The molecule has 2 rings (SSSR count). The Labute approximate surface area is 86.4 Å². The van der Waals surface area contributed by atoms with Crippen molar-refractivity contribution in [3.63, 3.8) is 0 Å². The van der Waals surface area contributed by atoms with E-state index >= 15 is 0 Å². The number of anilines is 1. The van der Waals surface area contributed by atoms with Gasteiger partial charge in [-0.3, -0.25) is 9.59 Å². The minimum absolute atomic E-state index is 0.0506. The van der Waals surface area contributed by atoms with Gasteiger partial charge >= 0.3 is 0 Å². The fourth-order valence-corrected chi connectivity index (χ4v) is 1.26. The molecule has 1 aromatic rings. The van der Waals surface area contributed by atoms with Crippen LogP contribution in [-0.4, -0.2) is 22.9 Å². The number of ketones is 1. The predicted octanol–water partition coefficient (Wildman–Crippen LogP) is 1.01. The fourth-order valence-electron chi connectivity index (χ4n) is 1.26. The molecule has 1 aliphatic heterocycles. The quantitative estimate of drug-likeness (QED) is 0.674. The van der Waals surface area contributed by atoms with E-state index < -0.39 is 0 Å². The number of aromatic nitrogens is 1. The highest BCUT2D eigenvalue weighted by Crippen LogP contribution is 2.15. The maximum Gasteiger partial charge on any atom is 0.254 e. The molecule has 1 aliphatic rings. The first-order valence-electron chi connectivity index (χ1n) is 4.51. The summed E-state index contributed by atoms with van der Waals surface area (Å²) in [5.41, 5.74) is 0.523. The highest BCUT2D eigenvalue weighted by molar-refractivity contribution is 6.05. The number of pyridine rings is 1. The standard InChI is InChI=1S/C10H9N3O2/c1-7(14)8-2-3-9(11-6-8)13-10(15)4-5-12-13/h2-3,5-6H,4H2,1H3. The van der Waals surface area contributed by atoms with Crippen LogP contribution >= 0.6 is 0 Å². The molecule has 0 unspecified atom stereocenters. The van der Waals surface area contributed by atoms with E-state index in [1.807, 2.05) is 0 Å². The summed E-state index contributed by atoms with van der Waals surface area (Å²) >= 11 is 0. The van der Waals surface area contributed by atoms with Gasteiger partial charge in [-0.2, -0.15) is 10.1 Å². The molecule has 15 heavy (non-hydrogen) atoms. The first-order chi connectivity index (χ1) is 7.18. The van der Waals surface area contributed by atoms with Gasteiger partial charge in [0.25, 0.3) is 5.91 Å². The van der Waals surface area contributed by atoms with E-state index in [-0.39, 0.29) is 11.7 Å². The lowest BCUT2D eigenvalue weighted by Gasteiger charge is -2.10. The van der Waals surface area contributed by atoms with Crippen molar-refractivity contribution >= 4 is 23.7 Å². The number of nitrogens with zero attached hydrogens (tertiary/aromatic N) is 3. The van der Waals surface area contributed by atoms with E-state index in [9.17, 15) is 9.59 Å². The van der Waals surface area contributed by atoms with E-state index in [0.29, 0.717) is 17.8 Å². The molecule has 5 heteroatoms. The molecule has 0 saturated heterocycles. The van der Waals surface area contributed by atoms with Crippen LogP contribution in [-0.2, 0) is 4.79 Å². The van der Waals surface area contributed by atoms with Crippen molar-refractivity contribution in [2.75, 3.05) is 5.01 Å². The summed E-state index contributed by atoms with van der Waals surface area (Å²) in [6.07, 6.45) is 3.28. The number of amides is 1. The molecule has 76 valence electrons. The second kappa shape index (κ2) is 3.61. The third kappa shape index (κ3) is 1.76. The molecule has 0 bridgehead atoms. The van der Waals surface area contributed by atoms with Gasteiger partial charge < -0.3 is 0 Å². The summed E-state index contributed by atoms with van der Waals surface area (Å²) in [4.78, 5) is 26.3. The van der Waals surface area contributed by atoms with Gasteiger partial charge in [-0.1, -0.05) is 0 Å². The number of hydrogen-bond donors (Lipinski definition) is 0. The molecule has 0 N–H and O–H groups in total. The summed E-state index contributed by atoms with van der Waals surface area (Å²) < 4.78 is 0. The number of rotatable bonds is 2. The van der Waals surface area contributed by atoms with Crippen LogP contribution in [0.15, 0.2) is 23.4 Å². The van der Waals surface area contributed by atoms with Gasteiger partial charge in [0.15, 0.2) is 11.6 Å². The van der Waals surface area contributed by atoms with Crippen LogP contribution in [0.4, 0.5) is 5.82 Å². The largest absolute Gasteiger partial charge is 0.294 e. The summed E-state index contributed by atoms with van der Waals surface area (Å²) in [7, 11) is 0. The van der Waals surface area contributed by atoms with E-state index in [1.54, 1.807) is 12.1 Å². The third-order valence-corrected chi connectivity index (χ3v) is 2.07. The molecule has 1 aromatic heterocycles. The number of hydrogen-bond acceptors (Lipinski definition) is 4. The van der Waals surface area contributed by atoms with Crippen LogP contribution in [0.1, 0.15) is 23.7 Å². The van der Waals surface area contributed by atoms with Crippen LogP contribution < -0.4 is 5.01 Å². The Morgan fingerprint density at radius 1 is 1.47 bits per heavy atom. The molecule has 0 spiro atoms. The Morgan fingerprint density at radius 3 is 2.73 bits per heavy atom. The first kappa shape index (κ1) is 9.51. The average molecular weight is 203 g/mol. The Hall–Kier alpha value is -2.04. The maximum atomic E-state index is 11.3. The minimum atomic E-state index is -0.113. The van der Waals surface area contributed by atoms with E-state index in [1.165, 1.54) is 24.3 Å². The number of carbonyl (C=O) groups is 2. The number of carbonyl (C=O) groups excluding carboxylic acids is 2. The molecule has 0 saturated carbocycles. The summed E-state index contributed by atoms with van der Waals surface area (Å²) in [6.45, 7) is 1.47. The van der Waals surface area contributed by atoms with E-state index in [4.69, 9.17) is 0 Å². The summed E-state index contributed by atoms with van der Waals surface area (Å²) in [5, 5.41) is 5.10. The molecule has 0 aromatic carbocycles. The van der Waals surface area contributed by atoms with Crippen molar-refractivity contribution in [2.45, 2.75) is 13.3 Å². The van der Waals surface area contributed by atoms with Crippen molar-refractivity contribution in [1.82, 2.24) is 4.98 Å². The van der Waals surface area contributed by atoms with Gasteiger partial charge in [0.1, 0.15) is 0 Å². The predicted molar refractivity (Wildman–Crippen MR) is 54.8 cm³/mol. The lowest BCUT2D eigenvalue weighted by atomic mass is 10.2. The third-order valence-electron chi connectivity index (χ3n) is 2.07. The minimum Gasteiger partial charge on any atom is -0.294 e. The zero-order valence-electron chi connectivity index (χ0n) is 8.17. The summed E-state index contributed by atoms with van der Waals surface area (Å²) in [6, 6.07) is 3.24. The number of hydrazone groups is 1. The second-order valence-corrected chi connectivity index (χ2v) is 3.17. The van der Waals surface area contributed by atoms with Crippen LogP contribution in [0.2, 0.25) is 0 Å². The Balaban J connectivity index is 2.27. The second-order valence-electron chi connectivity index (χ2n) is 3.17. The first-order valence-corrected chi connectivity index (χ1v) is 4.51. The molecular formula is C10H9N3O2. The zero-order chi connectivity index (χ0) is 10.8. The van der Waals surface area contributed by atoms with Gasteiger partial charge in [0.05, 0.1) is 6.42 Å². The average Bonchev–Trinajstić information content (AvgIpc) is 2.65. The smallest absolute Gasteiger partial charge is 0.254 e. The van der Waals surface area contributed by atoms with Gasteiger partial charge in [0, 0.05) is 18.0 Å². The molecular weight excluding hydrogens is 194 g/mol. The van der Waals surface area contributed by atoms with Crippen molar-refractivity contribution in [2.24, 2.45) is 5.10 Å². The Bertz CT molecular complexity index is 436. The number of Topliss-reactive ketones (excluding diaryl/α,β-unsaturated/α-hetero) is 1. The SMILES string of the molecule is CC(=O)c1ccc(N2N=CCC2=O)nc1. The van der Waals surface area contributed by atoms with Crippen molar-refractivity contribution in [1.29, 1.82) is 0 Å². The molecule has 0 fully saturated rings. The highest BCUT2D eigenvalue weighted by atomic mass is 16.2. The van der Waals surface area contributed by atoms with Gasteiger partial charge in [-0.15, -0.1) is 0 Å². The normalized spacial score (nSPS) is 14.7. The molecule has 2 heterocycles. The van der Waals surface area contributed by atoms with Gasteiger partial charge in [-0.05, 0) is 19.1 Å². The van der Waals surface area contributed by atoms with E-state index in [0.717, 1.165) is 0 Å². The Kier molecular flexibility index (Phi) is 2.29. The van der Waals surface area contributed by atoms with E-state index in [2.05, 4.69) is 10.1 Å². The van der Waals surface area contributed by atoms with Crippen molar-refractivity contribution in [3.05, 3.63) is 23.9 Å². The fraction of sp³-hybridized carbons (Fsp3) is 0.200. The molecule has 5 nitrogen and oxygen atoms in total.